The van der Waals surface area contributed by atoms with Gasteiger partial charge in [-0.1, -0.05) is 6.07 Å². The van der Waals surface area contributed by atoms with Gasteiger partial charge in [-0.3, -0.25) is 19.2 Å². The molecule has 16 heteroatoms. The number of hydrogen-bond acceptors (Lipinski definition) is 15. The van der Waals surface area contributed by atoms with E-state index in [0.717, 1.165) is 11.1 Å². The van der Waals surface area contributed by atoms with Crippen LogP contribution in [-0.2, 0) is 43.5 Å². The van der Waals surface area contributed by atoms with Crippen LogP contribution in [-0.4, -0.2) is 94.6 Å². The lowest BCUT2D eigenvalue weighted by atomic mass is 9.74. The number of carbonyl (C=O) groups is 2. The number of piperazine rings is 1. The Hall–Kier alpha value is -4.61. The highest BCUT2D eigenvalue weighted by Gasteiger charge is 2.61. The summed E-state index contributed by atoms with van der Waals surface area (Å²) in [6, 6.07) is 2.01. The van der Waals surface area contributed by atoms with Crippen molar-refractivity contribution >= 4 is 22.7 Å². The van der Waals surface area contributed by atoms with Crippen molar-refractivity contribution in [2.24, 2.45) is 0 Å². The Morgan fingerprint density at radius 1 is 1.02 bits per heavy atom. The van der Waals surface area contributed by atoms with Crippen LogP contribution in [0.4, 0.5) is 0 Å². The zero-order valence-electron chi connectivity index (χ0n) is 30.3. The summed E-state index contributed by atoms with van der Waals surface area (Å²) >= 11 is 0. The summed E-state index contributed by atoms with van der Waals surface area (Å²) in [5, 5.41) is 40.8. The molecule has 54 heavy (non-hydrogen) atoms. The first-order chi connectivity index (χ1) is 25.9. The number of carbonyl (C=O) groups excluding carboxylic acids is 2. The van der Waals surface area contributed by atoms with E-state index in [4.69, 9.17) is 28.4 Å². The maximum atomic E-state index is 15.8. The molecule has 4 bridgehead atoms. The van der Waals surface area contributed by atoms with Crippen LogP contribution in [0, 0.1) is 13.8 Å². The molecular formula is C38H41N3O12S. The van der Waals surface area contributed by atoms with Gasteiger partial charge in [0.25, 0.3) is 0 Å². The van der Waals surface area contributed by atoms with Gasteiger partial charge in [0.2, 0.25) is 6.79 Å². The number of hydrogen-bond donors (Lipinski definition) is 5. The fourth-order valence-corrected chi connectivity index (χ4v) is 11.9. The molecule has 3 aromatic carbocycles. The maximum Gasteiger partial charge on any atom is 0.332 e. The molecule has 7 aliphatic heterocycles. The number of nitrogens with one attached hydrogen (secondary N) is 2. The summed E-state index contributed by atoms with van der Waals surface area (Å²) in [6.45, 7) is 4.74. The Morgan fingerprint density at radius 2 is 1.80 bits per heavy atom. The Labute approximate surface area is 312 Å². The summed E-state index contributed by atoms with van der Waals surface area (Å²) in [5.74, 6) is -0.552. The zero-order valence-corrected chi connectivity index (χ0v) is 31.1. The van der Waals surface area contributed by atoms with E-state index in [1.807, 2.05) is 17.9 Å². The number of fused-ring (bicyclic) bond motifs is 9. The first-order valence-corrected chi connectivity index (χ1v) is 19.2. The van der Waals surface area contributed by atoms with Gasteiger partial charge in [-0.25, -0.2) is 4.79 Å². The van der Waals surface area contributed by atoms with Gasteiger partial charge in [-0.15, -0.1) is 0 Å². The van der Waals surface area contributed by atoms with Gasteiger partial charge in [0.1, 0.15) is 18.6 Å². The minimum absolute atomic E-state index is 0.0708. The van der Waals surface area contributed by atoms with Crippen LogP contribution in [0.3, 0.4) is 0 Å². The maximum absolute atomic E-state index is 15.8. The quantitative estimate of drug-likeness (QED) is 0.192. The second-order valence-electron chi connectivity index (χ2n) is 14.7. The largest absolute Gasteiger partial charge is 0.504 e. The lowest BCUT2D eigenvalue weighted by molar-refractivity contribution is -0.164. The minimum Gasteiger partial charge on any atom is -0.504 e. The number of aliphatic hydroxyl groups is 1. The van der Waals surface area contributed by atoms with E-state index in [-0.39, 0.29) is 42.2 Å². The van der Waals surface area contributed by atoms with Crippen molar-refractivity contribution in [1.29, 1.82) is 0 Å². The Kier molecular flexibility index (Phi) is 8.10. The Bertz CT molecular complexity index is 2180. The van der Waals surface area contributed by atoms with Crippen LogP contribution in [0.15, 0.2) is 18.2 Å². The number of aromatic hydroxyl groups is 2. The van der Waals surface area contributed by atoms with Crippen molar-refractivity contribution < 1.29 is 57.5 Å². The molecule has 286 valence electrons. The standard InChI is InChI=1S/C38H41N3O12S/c1-15-8-19-9-21-36(45)41-22-12-50-37(46)38(20-11-24(48-4)23(43)10-18(20)6-7-39-38)13-54(47)35(29(41)28(40-21)25(19)30(44)31(15)49-5)27-26(22)34-33(51-14-52-34)16(2)32(27)53-17(3)42/h8,10-11,21-22,28-29,35-36,39-40,43-45H,6-7,9,12-14H2,1-5H3/t21-,22-,28+,29+,35+,36-,38+,54?/m0/s1. The van der Waals surface area contributed by atoms with Crippen molar-refractivity contribution in [2.75, 3.05) is 39.9 Å². The summed E-state index contributed by atoms with van der Waals surface area (Å²) in [4.78, 5) is 29.3. The van der Waals surface area contributed by atoms with Gasteiger partial charge in [0, 0.05) is 46.5 Å². The zero-order chi connectivity index (χ0) is 38.0. The highest BCUT2D eigenvalue weighted by Crippen LogP contribution is 2.61. The Morgan fingerprint density at radius 3 is 2.54 bits per heavy atom. The smallest absolute Gasteiger partial charge is 0.332 e. The third kappa shape index (κ3) is 4.76. The van der Waals surface area contributed by atoms with Gasteiger partial charge in [0.05, 0.1) is 49.4 Å². The van der Waals surface area contributed by atoms with Crippen molar-refractivity contribution in [3.63, 3.8) is 0 Å². The fraction of sp³-hybridized carbons (Fsp3) is 0.474. The predicted octanol–water partition coefficient (Wildman–Crippen LogP) is 2.09. The molecule has 0 radical (unpaired) electrons. The number of ether oxygens (including phenoxy) is 6. The molecule has 2 saturated heterocycles. The minimum atomic E-state index is -2.06. The van der Waals surface area contributed by atoms with Gasteiger partial charge in [-0.2, -0.15) is 0 Å². The number of benzene rings is 3. The first-order valence-electron chi connectivity index (χ1n) is 17.8. The molecule has 0 saturated carbocycles. The lowest BCUT2D eigenvalue weighted by Gasteiger charge is -2.59. The molecule has 0 amide bonds. The van der Waals surface area contributed by atoms with Gasteiger partial charge in [-0.05, 0) is 61.1 Å². The van der Waals surface area contributed by atoms with Crippen LogP contribution >= 0.6 is 0 Å². The van der Waals surface area contributed by atoms with Gasteiger partial charge in [0.15, 0.2) is 40.0 Å². The summed E-state index contributed by atoms with van der Waals surface area (Å²) in [7, 11) is 0.834. The number of esters is 2. The number of nitrogens with zero attached hydrogens (tertiary/aromatic N) is 1. The van der Waals surface area contributed by atoms with E-state index in [9.17, 15) is 24.9 Å². The average Bonchev–Trinajstić information content (AvgIpc) is 3.63. The molecule has 5 N–H and O–H groups in total. The summed E-state index contributed by atoms with van der Waals surface area (Å²) < 4.78 is 51.2. The molecule has 2 fully saturated rings. The molecule has 8 atom stereocenters. The molecule has 1 unspecified atom stereocenters. The van der Waals surface area contributed by atoms with E-state index >= 15 is 4.21 Å². The molecule has 0 aromatic heterocycles. The Balaban J connectivity index is 1.33. The second kappa shape index (κ2) is 12.5. The summed E-state index contributed by atoms with van der Waals surface area (Å²) in [6.07, 6.45) is -0.369. The normalized spacial score (nSPS) is 30.4. The first kappa shape index (κ1) is 35.1. The van der Waals surface area contributed by atoms with E-state index in [0.29, 0.717) is 70.0 Å². The molecule has 7 heterocycles. The SMILES string of the molecule is COc1cc2c(cc1O)CCN[C@]21CS(=O)[C@@H]2c3c(OC(C)=O)c(C)c4c(c3[C@H](COC1=O)N1[C@@H]2[C@@H]2N[C@@H](Cc3cc(C)c(OC)c(O)c32)[C@@H]1O)OCO4. The molecule has 10 rings (SSSR count). The molecule has 3 aromatic rings. The third-order valence-electron chi connectivity index (χ3n) is 11.9. The number of phenolic OH excluding ortho intramolecular Hbond substituents is 2. The molecule has 1 spiro atoms. The van der Waals surface area contributed by atoms with Crippen molar-refractivity contribution in [1.82, 2.24) is 15.5 Å². The van der Waals surface area contributed by atoms with Crippen LogP contribution in [0.5, 0.6) is 40.2 Å². The lowest BCUT2D eigenvalue weighted by Crippen LogP contribution is -2.70. The van der Waals surface area contributed by atoms with Crippen molar-refractivity contribution in [3.8, 4) is 40.2 Å². The molecular weight excluding hydrogens is 722 g/mol. The van der Waals surface area contributed by atoms with Crippen LogP contribution < -0.4 is 34.3 Å². The molecule has 0 aliphatic carbocycles. The topological polar surface area (TPSA) is 195 Å². The van der Waals surface area contributed by atoms with E-state index < -0.39 is 63.9 Å². The molecule has 15 nitrogen and oxygen atoms in total. The summed E-state index contributed by atoms with van der Waals surface area (Å²) in [5.41, 5.74) is 2.84. The highest BCUT2D eigenvalue weighted by atomic mass is 32.2. The van der Waals surface area contributed by atoms with Crippen LogP contribution in [0.1, 0.15) is 68.8 Å². The number of rotatable bonds is 3. The van der Waals surface area contributed by atoms with E-state index in [2.05, 4.69) is 10.6 Å². The van der Waals surface area contributed by atoms with Crippen LogP contribution in [0.25, 0.3) is 0 Å². The second-order valence-corrected chi connectivity index (χ2v) is 16.3. The fourth-order valence-electron chi connectivity index (χ4n) is 9.80. The van der Waals surface area contributed by atoms with Gasteiger partial charge < -0.3 is 49.1 Å². The third-order valence-corrected chi connectivity index (χ3v) is 13.7. The van der Waals surface area contributed by atoms with Gasteiger partial charge >= 0.3 is 11.9 Å². The van der Waals surface area contributed by atoms with Crippen molar-refractivity contribution in [3.05, 3.63) is 62.7 Å². The number of aryl methyl sites for hydroxylation is 1. The monoisotopic (exact) mass is 763 g/mol. The number of aliphatic hydroxyl groups excluding tert-OH is 1. The number of methoxy groups -OCH3 is 2. The highest BCUT2D eigenvalue weighted by molar-refractivity contribution is 7.85. The number of phenols is 2. The predicted molar refractivity (Wildman–Crippen MR) is 191 cm³/mol. The van der Waals surface area contributed by atoms with Crippen molar-refractivity contribution in [2.45, 2.75) is 74.8 Å². The van der Waals surface area contributed by atoms with E-state index in [1.165, 1.54) is 21.1 Å². The molecule has 7 aliphatic rings. The van der Waals surface area contributed by atoms with E-state index in [1.54, 1.807) is 19.1 Å². The average molecular weight is 764 g/mol. The van der Waals surface area contributed by atoms with Crippen LogP contribution in [0.2, 0.25) is 0 Å².